The van der Waals surface area contributed by atoms with Crippen molar-refractivity contribution >= 4 is 5.91 Å². The Morgan fingerprint density at radius 1 is 1.18 bits per heavy atom. The van der Waals surface area contributed by atoms with E-state index in [1.165, 1.54) is 16.8 Å². The summed E-state index contributed by atoms with van der Waals surface area (Å²) in [5, 5.41) is 13.8. The maximum Gasteiger partial charge on any atom is 0.416 e. The third-order valence-electron chi connectivity index (χ3n) is 3.79. The van der Waals surface area contributed by atoms with Crippen LogP contribution in [0, 0.1) is 0 Å². The van der Waals surface area contributed by atoms with Crippen molar-refractivity contribution in [3.8, 4) is 11.4 Å². The fraction of sp³-hybridized carbons (Fsp3) is 0.222. The van der Waals surface area contributed by atoms with Gasteiger partial charge >= 0.3 is 6.18 Å². The maximum absolute atomic E-state index is 12.8. The predicted octanol–water partition coefficient (Wildman–Crippen LogP) is 3.01. The largest absolute Gasteiger partial charge is 0.494 e. The molecular formula is C18H16F3N5O2. The van der Waals surface area contributed by atoms with Gasteiger partial charge in [0.15, 0.2) is 5.82 Å². The van der Waals surface area contributed by atoms with Gasteiger partial charge in [0.2, 0.25) is 0 Å². The number of halogens is 3. The molecule has 1 N–H and O–H groups in total. The first kappa shape index (κ1) is 19.3. The summed E-state index contributed by atoms with van der Waals surface area (Å²) in [7, 11) is 0. The summed E-state index contributed by atoms with van der Waals surface area (Å²) in [6, 6.07) is 11.2. The molecule has 0 saturated heterocycles. The number of hydrogen-bond acceptors (Lipinski definition) is 5. The van der Waals surface area contributed by atoms with E-state index in [0.29, 0.717) is 23.9 Å². The van der Waals surface area contributed by atoms with Gasteiger partial charge in [-0.25, -0.2) is 0 Å². The van der Waals surface area contributed by atoms with Gasteiger partial charge in [0, 0.05) is 5.56 Å². The number of ether oxygens (including phenoxy) is 1. The average molecular weight is 391 g/mol. The number of carbonyl (C=O) groups excluding carboxylic acids is 1. The molecular weight excluding hydrogens is 375 g/mol. The molecule has 7 nitrogen and oxygen atoms in total. The van der Waals surface area contributed by atoms with Crippen LogP contribution in [-0.4, -0.2) is 32.7 Å². The first-order valence-corrected chi connectivity index (χ1v) is 8.34. The van der Waals surface area contributed by atoms with E-state index in [1.807, 2.05) is 6.92 Å². The lowest BCUT2D eigenvalue weighted by Gasteiger charge is -2.10. The Bertz CT molecular complexity index is 954. The fourth-order valence-corrected chi connectivity index (χ4v) is 2.46. The zero-order valence-corrected chi connectivity index (χ0v) is 14.8. The number of carbonyl (C=O) groups is 1. The number of amides is 1. The van der Waals surface area contributed by atoms with Crippen molar-refractivity contribution in [3.63, 3.8) is 0 Å². The minimum absolute atomic E-state index is 0.0602. The highest BCUT2D eigenvalue weighted by Crippen LogP contribution is 2.29. The highest BCUT2D eigenvalue weighted by Gasteiger charge is 2.30. The highest BCUT2D eigenvalue weighted by atomic mass is 19.4. The van der Waals surface area contributed by atoms with Crippen LogP contribution in [0.1, 0.15) is 28.7 Å². The molecule has 0 fully saturated rings. The van der Waals surface area contributed by atoms with E-state index in [1.54, 1.807) is 24.3 Å². The summed E-state index contributed by atoms with van der Waals surface area (Å²) in [5.74, 6) is 0.357. The van der Waals surface area contributed by atoms with Gasteiger partial charge < -0.3 is 10.1 Å². The van der Waals surface area contributed by atoms with Gasteiger partial charge in [-0.05, 0) is 59.8 Å². The lowest BCUT2D eigenvalue weighted by Crippen LogP contribution is -2.25. The molecule has 0 spiro atoms. The summed E-state index contributed by atoms with van der Waals surface area (Å²) in [5.41, 5.74) is -0.342. The van der Waals surface area contributed by atoms with Crippen molar-refractivity contribution < 1.29 is 22.7 Å². The standard InChI is InChI=1S/C18H16F3N5O2/c1-2-28-15-8-6-14(7-9-15)26-16(23-24-25-26)11-22-17(27)12-4-3-5-13(10-12)18(19,20)21/h3-10H,2,11H2,1H3,(H,22,27). The monoisotopic (exact) mass is 391 g/mol. The molecule has 0 aliphatic heterocycles. The molecule has 0 saturated carbocycles. The number of aromatic nitrogens is 4. The molecule has 10 heteroatoms. The van der Waals surface area contributed by atoms with Crippen LogP contribution >= 0.6 is 0 Å². The van der Waals surface area contributed by atoms with Crippen molar-refractivity contribution in [2.45, 2.75) is 19.6 Å². The van der Waals surface area contributed by atoms with Crippen LogP contribution in [0.2, 0.25) is 0 Å². The van der Waals surface area contributed by atoms with Crippen molar-refractivity contribution in [1.82, 2.24) is 25.5 Å². The fourth-order valence-electron chi connectivity index (χ4n) is 2.46. The van der Waals surface area contributed by atoms with Gasteiger partial charge in [-0.15, -0.1) is 5.10 Å². The minimum atomic E-state index is -4.52. The second-order valence-electron chi connectivity index (χ2n) is 5.70. The summed E-state index contributed by atoms with van der Waals surface area (Å²) in [4.78, 5) is 12.2. The smallest absolute Gasteiger partial charge is 0.416 e. The van der Waals surface area contributed by atoms with Crippen molar-refractivity contribution in [1.29, 1.82) is 0 Å². The Morgan fingerprint density at radius 2 is 1.93 bits per heavy atom. The van der Waals surface area contributed by atoms with Crippen LogP contribution in [0.3, 0.4) is 0 Å². The first-order chi connectivity index (χ1) is 13.4. The van der Waals surface area contributed by atoms with E-state index in [-0.39, 0.29) is 12.1 Å². The summed E-state index contributed by atoms with van der Waals surface area (Å²) >= 11 is 0. The zero-order chi connectivity index (χ0) is 20.1. The van der Waals surface area contributed by atoms with Crippen LogP contribution in [0.25, 0.3) is 5.69 Å². The highest BCUT2D eigenvalue weighted by molar-refractivity contribution is 5.94. The van der Waals surface area contributed by atoms with Gasteiger partial charge in [0.05, 0.1) is 24.4 Å². The summed E-state index contributed by atoms with van der Waals surface area (Å²) in [6.45, 7) is 2.35. The summed E-state index contributed by atoms with van der Waals surface area (Å²) < 4.78 is 45.2. The minimum Gasteiger partial charge on any atom is -0.494 e. The number of nitrogens with zero attached hydrogens (tertiary/aromatic N) is 4. The van der Waals surface area contributed by atoms with E-state index >= 15 is 0 Å². The molecule has 0 bridgehead atoms. The number of hydrogen-bond donors (Lipinski definition) is 1. The molecule has 0 unspecified atom stereocenters. The third kappa shape index (κ3) is 4.45. The van der Waals surface area contributed by atoms with Crippen LogP contribution in [-0.2, 0) is 12.7 Å². The Balaban J connectivity index is 1.71. The average Bonchev–Trinajstić information content (AvgIpc) is 3.15. The van der Waals surface area contributed by atoms with E-state index < -0.39 is 17.6 Å². The van der Waals surface area contributed by atoms with Gasteiger partial charge in [0.1, 0.15) is 5.75 Å². The molecule has 28 heavy (non-hydrogen) atoms. The molecule has 146 valence electrons. The van der Waals surface area contributed by atoms with E-state index in [9.17, 15) is 18.0 Å². The molecule has 3 rings (SSSR count). The topological polar surface area (TPSA) is 81.9 Å². The van der Waals surface area contributed by atoms with E-state index in [4.69, 9.17) is 4.74 Å². The lowest BCUT2D eigenvalue weighted by atomic mass is 10.1. The van der Waals surface area contributed by atoms with Gasteiger partial charge in [-0.1, -0.05) is 6.07 Å². The van der Waals surface area contributed by atoms with E-state index in [0.717, 1.165) is 12.1 Å². The van der Waals surface area contributed by atoms with Crippen LogP contribution in [0.5, 0.6) is 5.75 Å². The molecule has 0 aliphatic carbocycles. The van der Waals surface area contributed by atoms with E-state index in [2.05, 4.69) is 20.8 Å². The lowest BCUT2D eigenvalue weighted by molar-refractivity contribution is -0.137. The molecule has 1 aromatic heterocycles. The van der Waals surface area contributed by atoms with Crippen molar-refractivity contribution in [2.24, 2.45) is 0 Å². The Labute approximate surface area is 158 Å². The Kier molecular flexibility index (Phi) is 5.57. The number of tetrazole rings is 1. The SMILES string of the molecule is CCOc1ccc(-n2nnnc2CNC(=O)c2cccc(C(F)(F)F)c2)cc1. The normalized spacial score (nSPS) is 11.3. The first-order valence-electron chi connectivity index (χ1n) is 8.34. The van der Waals surface area contributed by atoms with Crippen molar-refractivity contribution in [3.05, 3.63) is 65.5 Å². The quantitative estimate of drug-likeness (QED) is 0.699. The van der Waals surface area contributed by atoms with Gasteiger partial charge in [0.25, 0.3) is 5.91 Å². The Hall–Kier alpha value is -3.43. The van der Waals surface area contributed by atoms with Crippen molar-refractivity contribution in [2.75, 3.05) is 6.61 Å². The second-order valence-corrected chi connectivity index (χ2v) is 5.70. The molecule has 1 heterocycles. The molecule has 2 aromatic carbocycles. The van der Waals surface area contributed by atoms with Gasteiger partial charge in [-0.2, -0.15) is 17.9 Å². The number of nitrogens with one attached hydrogen (secondary N) is 1. The van der Waals surface area contributed by atoms with Crippen LogP contribution in [0.15, 0.2) is 48.5 Å². The molecule has 0 aliphatic rings. The maximum atomic E-state index is 12.8. The predicted molar refractivity (Wildman–Crippen MR) is 92.9 cm³/mol. The Morgan fingerprint density at radius 3 is 2.61 bits per heavy atom. The number of benzene rings is 2. The molecule has 1 amide bonds. The molecule has 0 radical (unpaired) electrons. The zero-order valence-electron chi connectivity index (χ0n) is 14.8. The number of alkyl halides is 3. The third-order valence-corrected chi connectivity index (χ3v) is 3.79. The summed E-state index contributed by atoms with van der Waals surface area (Å²) in [6.07, 6.45) is -4.52. The molecule has 3 aromatic rings. The molecule has 0 atom stereocenters. The van der Waals surface area contributed by atoms with Crippen LogP contribution in [0.4, 0.5) is 13.2 Å². The second kappa shape index (κ2) is 8.07. The number of rotatable bonds is 6. The van der Waals surface area contributed by atoms with Gasteiger partial charge in [-0.3, -0.25) is 4.79 Å². The van der Waals surface area contributed by atoms with Crippen LogP contribution < -0.4 is 10.1 Å².